The van der Waals surface area contributed by atoms with Crippen molar-refractivity contribution in [3.8, 4) is 0 Å². The van der Waals surface area contributed by atoms with Crippen molar-refractivity contribution in [2.45, 2.75) is 33.1 Å². The lowest BCUT2D eigenvalue weighted by Gasteiger charge is -2.36. The second-order valence-corrected chi connectivity index (χ2v) is 6.17. The first-order valence-electron chi connectivity index (χ1n) is 5.78. The number of amides is 1. The molecule has 0 fully saturated rings. The molecule has 0 spiro atoms. The van der Waals surface area contributed by atoms with Crippen LogP contribution in [0.1, 0.15) is 27.2 Å². The summed E-state index contributed by atoms with van der Waals surface area (Å²) < 4.78 is 30.2. The summed E-state index contributed by atoms with van der Waals surface area (Å²) in [5.41, 5.74) is 0.0972. The molecule has 0 aromatic rings. The molecule has 0 radical (unpaired) electrons. The van der Waals surface area contributed by atoms with Gasteiger partial charge in [0, 0.05) is 18.5 Å². The van der Waals surface area contributed by atoms with Gasteiger partial charge in [0.05, 0.1) is 5.75 Å². The number of nitrogens with zero attached hydrogens (tertiary/aromatic N) is 1. The minimum atomic E-state index is -4.19. The maximum absolute atomic E-state index is 11.8. The van der Waals surface area contributed by atoms with Crippen LogP contribution in [0, 0.1) is 5.92 Å². The fraction of sp³-hybridized carbons (Fsp3) is 0.727. The fourth-order valence-electron chi connectivity index (χ4n) is 1.54. The number of hydrogen-bond donors (Lipinski definition) is 3. The molecular weight excluding hydrogens is 274 g/mol. The van der Waals surface area contributed by atoms with Gasteiger partial charge in [-0.1, -0.05) is 20.4 Å². The number of carbonyl (C=O) groups is 1. The molecule has 0 saturated heterocycles. The molecule has 0 saturated carbocycles. The zero-order valence-corrected chi connectivity index (χ0v) is 12.1. The summed E-state index contributed by atoms with van der Waals surface area (Å²) in [6.07, 6.45) is -0.148. The Morgan fingerprint density at radius 1 is 1.42 bits per heavy atom. The smallest absolute Gasteiger partial charge is 0.265 e. The van der Waals surface area contributed by atoms with Crippen molar-refractivity contribution < 1.29 is 28.0 Å². The molecule has 8 heteroatoms. The lowest BCUT2D eigenvalue weighted by molar-refractivity contribution is -0.258. The van der Waals surface area contributed by atoms with Gasteiger partial charge in [-0.2, -0.15) is 8.42 Å². The van der Waals surface area contributed by atoms with E-state index in [9.17, 15) is 23.4 Å². The minimum Gasteiger partial charge on any atom is -0.349 e. The second-order valence-electron chi connectivity index (χ2n) is 4.68. The van der Waals surface area contributed by atoms with Crippen LogP contribution in [0.2, 0.25) is 0 Å². The van der Waals surface area contributed by atoms with Gasteiger partial charge in [0.15, 0.2) is 0 Å². The van der Waals surface area contributed by atoms with Crippen molar-refractivity contribution in [3.05, 3.63) is 12.2 Å². The average Bonchev–Trinajstić information content (AvgIpc) is 2.22. The molecular formula is C11H21NO6S. The highest BCUT2D eigenvalue weighted by atomic mass is 32.2. The van der Waals surface area contributed by atoms with Crippen LogP contribution in [0.25, 0.3) is 0 Å². The Labute approximate surface area is 113 Å². The molecule has 1 atom stereocenters. The minimum absolute atomic E-state index is 0.0972. The van der Waals surface area contributed by atoms with E-state index in [4.69, 9.17) is 4.55 Å². The molecule has 0 aliphatic rings. The molecule has 7 nitrogen and oxygen atoms in total. The van der Waals surface area contributed by atoms with Crippen LogP contribution in [0.3, 0.4) is 0 Å². The van der Waals surface area contributed by atoms with Gasteiger partial charge < -0.3 is 10.2 Å². The highest BCUT2D eigenvalue weighted by molar-refractivity contribution is 7.85. The lowest BCUT2D eigenvalue weighted by atomic mass is 10.1. The predicted octanol–water partition coefficient (Wildman–Crippen LogP) is -0.0366. The molecule has 3 N–H and O–H groups in total. The summed E-state index contributed by atoms with van der Waals surface area (Å²) in [5, 5.41) is 19.5. The van der Waals surface area contributed by atoms with Crippen LogP contribution in [0.5, 0.6) is 0 Å². The third-order valence-electron chi connectivity index (χ3n) is 2.51. The van der Waals surface area contributed by atoms with Crippen molar-refractivity contribution >= 4 is 16.0 Å². The molecule has 0 aromatic heterocycles. The third-order valence-corrected chi connectivity index (χ3v) is 3.50. The average molecular weight is 295 g/mol. The molecule has 0 bridgehead atoms. The summed E-state index contributed by atoms with van der Waals surface area (Å²) in [6.45, 7) is 7.54. The van der Waals surface area contributed by atoms with E-state index in [1.54, 1.807) is 0 Å². The summed E-state index contributed by atoms with van der Waals surface area (Å²) in [4.78, 5) is 12.6. The number of rotatable bonds is 7. The first-order valence-corrected chi connectivity index (χ1v) is 7.39. The van der Waals surface area contributed by atoms with E-state index in [-0.39, 0.29) is 18.5 Å². The largest absolute Gasteiger partial charge is 0.349 e. The molecule has 0 rings (SSSR count). The number of carbonyl (C=O) groups excluding carboxylic acids is 1. The van der Waals surface area contributed by atoms with Crippen LogP contribution < -0.4 is 0 Å². The second kappa shape index (κ2) is 6.47. The zero-order valence-electron chi connectivity index (χ0n) is 11.3. The van der Waals surface area contributed by atoms with Crippen molar-refractivity contribution in [1.82, 2.24) is 4.90 Å². The monoisotopic (exact) mass is 295 g/mol. The van der Waals surface area contributed by atoms with E-state index < -0.39 is 33.6 Å². The highest BCUT2D eigenvalue weighted by Gasteiger charge is 2.35. The normalized spacial score (nSPS) is 14.0. The molecule has 0 heterocycles. The summed E-state index contributed by atoms with van der Waals surface area (Å²) in [7, 11) is -4.19. The van der Waals surface area contributed by atoms with Gasteiger partial charge in [-0.15, -0.1) is 0 Å². The van der Waals surface area contributed by atoms with E-state index in [0.29, 0.717) is 0 Å². The SMILES string of the molecule is C=C(C)C(=O)N(CC(C)CS(=O)(=O)O)C(O)(O)CC. The van der Waals surface area contributed by atoms with Crippen molar-refractivity contribution in [1.29, 1.82) is 0 Å². The van der Waals surface area contributed by atoms with Gasteiger partial charge in [0.25, 0.3) is 16.0 Å². The number of hydrogen-bond acceptors (Lipinski definition) is 5. The van der Waals surface area contributed by atoms with Gasteiger partial charge in [-0.05, 0) is 12.8 Å². The topological polar surface area (TPSA) is 115 Å². The van der Waals surface area contributed by atoms with Crippen molar-refractivity contribution in [2.75, 3.05) is 12.3 Å². The van der Waals surface area contributed by atoms with Crippen LogP contribution in [0.15, 0.2) is 12.2 Å². The Bertz CT molecular complexity index is 442. The maximum Gasteiger partial charge on any atom is 0.265 e. The zero-order chi connectivity index (χ0) is 15.4. The summed E-state index contributed by atoms with van der Waals surface area (Å²) in [5.74, 6) is -4.31. The molecule has 112 valence electrons. The Morgan fingerprint density at radius 2 is 1.89 bits per heavy atom. The molecule has 1 unspecified atom stereocenters. The van der Waals surface area contributed by atoms with E-state index in [2.05, 4.69) is 6.58 Å². The summed E-state index contributed by atoms with van der Waals surface area (Å²) in [6, 6.07) is 0. The van der Waals surface area contributed by atoms with Crippen molar-refractivity contribution in [3.63, 3.8) is 0 Å². The lowest BCUT2D eigenvalue weighted by Crippen LogP contribution is -2.53. The van der Waals surface area contributed by atoms with Gasteiger partial charge in [0.2, 0.25) is 5.91 Å². The fourth-order valence-corrected chi connectivity index (χ4v) is 2.36. The maximum atomic E-state index is 11.8. The van der Waals surface area contributed by atoms with E-state index >= 15 is 0 Å². The predicted molar refractivity (Wildman–Crippen MR) is 69.6 cm³/mol. The van der Waals surface area contributed by atoms with Gasteiger partial charge >= 0.3 is 0 Å². The van der Waals surface area contributed by atoms with Crippen molar-refractivity contribution in [2.24, 2.45) is 5.92 Å². The first-order chi connectivity index (χ1) is 8.40. The third kappa shape index (κ3) is 6.15. The Morgan fingerprint density at radius 3 is 2.21 bits per heavy atom. The molecule has 0 aliphatic heterocycles. The van der Waals surface area contributed by atoms with E-state index in [1.807, 2.05) is 0 Å². The number of aliphatic hydroxyl groups is 2. The van der Waals surface area contributed by atoms with Gasteiger partial charge in [0.1, 0.15) is 0 Å². The van der Waals surface area contributed by atoms with Crippen LogP contribution in [-0.2, 0) is 14.9 Å². The highest BCUT2D eigenvalue weighted by Crippen LogP contribution is 2.18. The van der Waals surface area contributed by atoms with Crippen LogP contribution >= 0.6 is 0 Å². The Balaban J connectivity index is 5.08. The van der Waals surface area contributed by atoms with Crippen LogP contribution in [0.4, 0.5) is 0 Å². The van der Waals surface area contributed by atoms with Gasteiger partial charge in [-0.3, -0.25) is 14.2 Å². The Kier molecular flexibility index (Phi) is 6.14. The van der Waals surface area contributed by atoms with Crippen LogP contribution in [-0.4, -0.2) is 52.2 Å². The molecule has 1 amide bonds. The standard InChI is InChI=1S/C11H21NO6S/c1-5-11(14,15)12(10(13)8(2)3)6-9(4)7-19(16,17)18/h9,14-15H,2,5-7H2,1,3-4H3,(H,16,17,18). The van der Waals surface area contributed by atoms with Gasteiger partial charge in [-0.25, -0.2) is 0 Å². The van der Waals surface area contributed by atoms with E-state index in [1.165, 1.54) is 20.8 Å². The molecule has 0 aliphatic carbocycles. The van der Waals surface area contributed by atoms with E-state index in [0.717, 1.165) is 4.90 Å². The first kappa shape index (κ1) is 18.0. The molecule has 19 heavy (non-hydrogen) atoms. The summed E-state index contributed by atoms with van der Waals surface area (Å²) >= 11 is 0. The quantitative estimate of drug-likeness (QED) is 0.345. The Hall–Kier alpha value is -0.960. The molecule has 0 aromatic carbocycles.